The molecule has 1 amide bonds. The maximum absolute atomic E-state index is 13.1. The summed E-state index contributed by atoms with van der Waals surface area (Å²) in [7, 11) is 0. The summed E-state index contributed by atoms with van der Waals surface area (Å²) in [6.07, 6.45) is 0. The van der Waals surface area contributed by atoms with Crippen LogP contribution in [0.3, 0.4) is 0 Å². The van der Waals surface area contributed by atoms with Crippen LogP contribution in [0.4, 0.5) is 5.69 Å². The van der Waals surface area contributed by atoms with E-state index in [2.05, 4.69) is 5.32 Å². The van der Waals surface area contributed by atoms with Crippen LogP contribution >= 0.6 is 34.8 Å². The first-order chi connectivity index (χ1) is 15.3. The van der Waals surface area contributed by atoms with Gasteiger partial charge in [-0.2, -0.15) is 0 Å². The highest BCUT2D eigenvalue weighted by atomic mass is 35.5. The maximum atomic E-state index is 13.1. The van der Waals surface area contributed by atoms with E-state index in [0.29, 0.717) is 54.4 Å². The monoisotopic (exact) mass is 487 g/mol. The summed E-state index contributed by atoms with van der Waals surface area (Å²) >= 11 is 18.1. The molecular weight excluding hydrogens is 473 g/mol. The van der Waals surface area contributed by atoms with Gasteiger partial charge in [-0.1, -0.05) is 53.0 Å². The van der Waals surface area contributed by atoms with Gasteiger partial charge in [0.05, 0.1) is 10.9 Å². The van der Waals surface area contributed by atoms with Gasteiger partial charge in [0.2, 0.25) is 5.43 Å². The van der Waals surface area contributed by atoms with Crippen molar-refractivity contribution in [2.24, 2.45) is 0 Å². The van der Waals surface area contributed by atoms with Crippen molar-refractivity contribution >= 4 is 57.4 Å². The number of fused-ring (bicyclic) bond motifs is 1. The molecule has 5 nitrogen and oxygen atoms in total. The number of rotatable bonds is 5. The van der Waals surface area contributed by atoms with E-state index in [4.69, 9.17) is 44.0 Å². The zero-order chi connectivity index (χ0) is 22.8. The highest BCUT2D eigenvalue weighted by molar-refractivity contribution is 6.35. The summed E-state index contributed by atoms with van der Waals surface area (Å²) < 4.78 is 11.4. The van der Waals surface area contributed by atoms with Crippen LogP contribution in [0.1, 0.15) is 5.76 Å². The average molecular weight is 489 g/mol. The predicted molar refractivity (Wildman–Crippen MR) is 128 cm³/mol. The number of ether oxygens (including phenoxy) is 1. The number of nitrogens with one attached hydrogen (secondary N) is 1. The Morgan fingerprint density at radius 2 is 1.72 bits per heavy atom. The van der Waals surface area contributed by atoms with Gasteiger partial charge in [-0.25, -0.2) is 0 Å². The zero-order valence-electron chi connectivity index (χ0n) is 16.7. The van der Waals surface area contributed by atoms with Gasteiger partial charge in [0.25, 0.3) is 5.91 Å². The van der Waals surface area contributed by atoms with Gasteiger partial charge in [-0.15, -0.1) is 0 Å². The van der Waals surface area contributed by atoms with Crippen LogP contribution < -0.4 is 15.5 Å². The number of carbonyl (C=O) groups excluding carboxylic acids is 1. The van der Waals surface area contributed by atoms with E-state index in [9.17, 15) is 9.59 Å². The average Bonchev–Trinajstić information content (AvgIpc) is 2.72. The predicted octanol–water partition coefficient (Wildman–Crippen LogP) is 6.75. The van der Waals surface area contributed by atoms with Crippen LogP contribution in [-0.4, -0.2) is 12.5 Å². The van der Waals surface area contributed by atoms with Crippen LogP contribution in [0, 0.1) is 6.92 Å². The zero-order valence-corrected chi connectivity index (χ0v) is 19.0. The molecule has 1 heterocycles. The number of amides is 1. The fraction of sp³-hybridized carbons (Fsp3) is 0.0833. The molecule has 4 rings (SSSR count). The third-order valence-corrected chi connectivity index (χ3v) is 5.47. The highest BCUT2D eigenvalue weighted by Crippen LogP contribution is 2.30. The summed E-state index contributed by atoms with van der Waals surface area (Å²) in [5.41, 5.74) is 1.64. The molecule has 0 saturated carbocycles. The van der Waals surface area contributed by atoms with E-state index < -0.39 is 5.91 Å². The van der Waals surface area contributed by atoms with E-state index in [1.54, 1.807) is 61.5 Å². The number of carbonyl (C=O) groups is 1. The molecule has 3 aromatic carbocycles. The molecule has 0 bridgehead atoms. The van der Waals surface area contributed by atoms with E-state index in [1.165, 1.54) is 0 Å². The van der Waals surface area contributed by atoms with Gasteiger partial charge < -0.3 is 14.5 Å². The second-order valence-electron chi connectivity index (χ2n) is 7.00. The van der Waals surface area contributed by atoms with Gasteiger partial charge in [-0.05, 0) is 43.3 Å². The lowest BCUT2D eigenvalue weighted by molar-refractivity contribution is -0.118. The minimum Gasteiger partial charge on any atom is -0.484 e. The summed E-state index contributed by atoms with van der Waals surface area (Å²) in [6, 6.07) is 16.6. The van der Waals surface area contributed by atoms with Gasteiger partial charge >= 0.3 is 0 Å². The lowest BCUT2D eigenvalue weighted by atomic mass is 10.0. The Bertz CT molecular complexity index is 1380. The van der Waals surface area contributed by atoms with Crippen molar-refractivity contribution in [1.82, 2.24) is 0 Å². The quantitative estimate of drug-likeness (QED) is 0.337. The van der Waals surface area contributed by atoms with Gasteiger partial charge in [0, 0.05) is 32.4 Å². The normalized spacial score (nSPS) is 10.9. The van der Waals surface area contributed by atoms with Crippen LogP contribution in [0.25, 0.3) is 22.1 Å². The maximum Gasteiger partial charge on any atom is 0.262 e. The largest absolute Gasteiger partial charge is 0.484 e. The van der Waals surface area contributed by atoms with Crippen LogP contribution in [0.15, 0.2) is 69.9 Å². The Hall–Kier alpha value is -2.99. The Morgan fingerprint density at radius 3 is 2.44 bits per heavy atom. The SMILES string of the molecule is Cc1oc2cc(OCC(=O)Nc3cc(Cl)cc(Cl)c3)ccc2c(=O)c1-c1ccccc1Cl. The molecule has 8 heteroatoms. The molecule has 0 aliphatic heterocycles. The Kier molecular flexibility index (Phi) is 6.42. The van der Waals surface area contributed by atoms with Crippen molar-refractivity contribution in [3.63, 3.8) is 0 Å². The molecule has 4 aromatic rings. The molecule has 162 valence electrons. The molecule has 0 saturated heterocycles. The summed E-state index contributed by atoms with van der Waals surface area (Å²) in [4.78, 5) is 25.3. The smallest absolute Gasteiger partial charge is 0.262 e. The molecule has 0 fully saturated rings. The number of aryl methyl sites for hydroxylation is 1. The summed E-state index contributed by atoms with van der Waals surface area (Å²) in [6.45, 7) is 1.45. The third kappa shape index (κ3) is 4.75. The number of benzene rings is 3. The standard InChI is InChI=1S/C24H16Cl3NO4/c1-13-23(18-4-2-3-5-20(18)27)24(30)19-7-6-17(11-21(19)32-13)31-12-22(29)28-16-9-14(25)8-15(26)10-16/h2-11H,12H2,1H3,(H,28,29). The molecule has 32 heavy (non-hydrogen) atoms. The van der Waals surface area contributed by atoms with Crippen molar-refractivity contribution in [1.29, 1.82) is 0 Å². The van der Waals surface area contributed by atoms with Crippen molar-refractivity contribution in [2.45, 2.75) is 6.92 Å². The van der Waals surface area contributed by atoms with Crippen molar-refractivity contribution in [3.05, 3.63) is 91.7 Å². The van der Waals surface area contributed by atoms with E-state index in [0.717, 1.165) is 0 Å². The molecule has 1 aromatic heterocycles. The number of anilines is 1. The van der Waals surface area contributed by atoms with Crippen LogP contribution in [0.5, 0.6) is 5.75 Å². The summed E-state index contributed by atoms with van der Waals surface area (Å²) in [5.74, 6) is 0.420. The van der Waals surface area contributed by atoms with Gasteiger partial charge in [0.15, 0.2) is 6.61 Å². The van der Waals surface area contributed by atoms with Gasteiger partial charge in [-0.3, -0.25) is 9.59 Å². The second-order valence-corrected chi connectivity index (χ2v) is 8.28. The molecule has 0 unspecified atom stereocenters. The van der Waals surface area contributed by atoms with E-state index in [1.807, 2.05) is 6.07 Å². The first-order valence-corrected chi connectivity index (χ1v) is 10.7. The topological polar surface area (TPSA) is 68.5 Å². The Labute approximate surface area is 198 Å². The van der Waals surface area contributed by atoms with E-state index >= 15 is 0 Å². The minimum absolute atomic E-state index is 0.195. The second kappa shape index (κ2) is 9.25. The Morgan fingerprint density at radius 1 is 1.00 bits per heavy atom. The summed E-state index contributed by atoms with van der Waals surface area (Å²) in [5, 5.41) is 4.33. The molecule has 0 atom stereocenters. The van der Waals surface area contributed by atoms with E-state index in [-0.39, 0.29) is 12.0 Å². The first kappa shape index (κ1) is 22.2. The highest BCUT2D eigenvalue weighted by Gasteiger charge is 2.16. The number of hydrogen-bond donors (Lipinski definition) is 1. The molecule has 1 N–H and O–H groups in total. The third-order valence-electron chi connectivity index (χ3n) is 4.70. The lowest BCUT2D eigenvalue weighted by Crippen LogP contribution is -2.20. The fourth-order valence-electron chi connectivity index (χ4n) is 3.32. The molecule has 0 aliphatic carbocycles. The minimum atomic E-state index is -0.393. The molecular formula is C24H16Cl3NO4. The molecule has 0 spiro atoms. The number of hydrogen-bond acceptors (Lipinski definition) is 4. The van der Waals surface area contributed by atoms with Crippen molar-refractivity contribution < 1.29 is 13.9 Å². The van der Waals surface area contributed by atoms with Crippen LogP contribution in [-0.2, 0) is 4.79 Å². The van der Waals surface area contributed by atoms with Crippen molar-refractivity contribution in [2.75, 3.05) is 11.9 Å². The molecule has 0 radical (unpaired) electrons. The Balaban J connectivity index is 1.55. The van der Waals surface area contributed by atoms with Crippen molar-refractivity contribution in [3.8, 4) is 16.9 Å². The first-order valence-electron chi connectivity index (χ1n) is 9.53. The van der Waals surface area contributed by atoms with Crippen LogP contribution in [0.2, 0.25) is 15.1 Å². The molecule has 0 aliphatic rings. The van der Waals surface area contributed by atoms with Gasteiger partial charge in [0.1, 0.15) is 17.1 Å². The number of halogens is 3. The fourth-order valence-corrected chi connectivity index (χ4v) is 4.08. The lowest BCUT2D eigenvalue weighted by Gasteiger charge is -2.11.